The molecule has 0 radical (unpaired) electrons. The number of hydrogen-bond donors (Lipinski definition) is 1. The number of amides is 1. The lowest BCUT2D eigenvalue weighted by molar-refractivity contribution is -0.134. The molecule has 0 aromatic heterocycles. The molecule has 0 aromatic carbocycles. The zero-order valence-corrected chi connectivity index (χ0v) is 12.5. The number of carbonyl (C=O) groups excluding carboxylic acids is 1. The molecule has 104 valence electrons. The molecule has 0 heterocycles. The van der Waals surface area contributed by atoms with E-state index in [2.05, 4.69) is 6.92 Å². The first-order valence-corrected chi connectivity index (χ1v) is 7.48. The smallest absolute Gasteiger partial charge is 0.225 e. The molecule has 0 spiro atoms. The number of carbonyl (C=O) groups is 1. The molecule has 2 N–H and O–H groups in total. The summed E-state index contributed by atoms with van der Waals surface area (Å²) in [6.45, 7) is 2.64. The van der Waals surface area contributed by atoms with Gasteiger partial charge < -0.3 is 10.6 Å². The van der Waals surface area contributed by atoms with Crippen LogP contribution in [0.1, 0.15) is 51.9 Å². The first-order chi connectivity index (χ1) is 8.54. The predicted molar refractivity (Wildman–Crippen MR) is 79.4 cm³/mol. The van der Waals surface area contributed by atoms with Crippen molar-refractivity contribution in [1.29, 1.82) is 0 Å². The summed E-state index contributed by atoms with van der Waals surface area (Å²) in [6, 6.07) is 0. The molecule has 1 aliphatic rings. The minimum absolute atomic E-state index is 0.197. The van der Waals surface area contributed by atoms with E-state index < -0.39 is 0 Å². The number of nitrogens with zero attached hydrogens (tertiary/aromatic N) is 1. The third kappa shape index (κ3) is 4.92. The van der Waals surface area contributed by atoms with Crippen molar-refractivity contribution >= 4 is 23.1 Å². The van der Waals surface area contributed by atoms with Crippen molar-refractivity contribution in [1.82, 2.24) is 4.90 Å². The summed E-state index contributed by atoms with van der Waals surface area (Å²) >= 11 is 4.84. The standard InChI is InChI=1S/C14H26N2OS/c1-3-4-5-11-6-8-12(9-7-11)14(17)16(2)10-13(15)18/h11-12H,3-10H2,1-2H3,(H2,15,18). The van der Waals surface area contributed by atoms with Gasteiger partial charge >= 0.3 is 0 Å². The third-order valence-electron chi connectivity index (χ3n) is 3.93. The quantitative estimate of drug-likeness (QED) is 0.755. The minimum Gasteiger partial charge on any atom is -0.392 e. The molecule has 0 saturated heterocycles. The largest absolute Gasteiger partial charge is 0.392 e. The highest BCUT2D eigenvalue weighted by Crippen LogP contribution is 2.32. The van der Waals surface area contributed by atoms with Crippen LogP contribution in [0.15, 0.2) is 0 Å². The van der Waals surface area contributed by atoms with Gasteiger partial charge in [-0.1, -0.05) is 38.4 Å². The van der Waals surface area contributed by atoms with Crippen LogP contribution in [0.5, 0.6) is 0 Å². The van der Waals surface area contributed by atoms with Gasteiger partial charge in [-0.15, -0.1) is 0 Å². The fraction of sp³-hybridized carbons (Fsp3) is 0.857. The van der Waals surface area contributed by atoms with E-state index in [-0.39, 0.29) is 11.8 Å². The Bertz CT molecular complexity index is 286. The van der Waals surface area contributed by atoms with Gasteiger partial charge in [0.15, 0.2) is 0 Å². The minimum atomic E-state index is 0.197. The van der Waals surface area contributed by atoms with E-state index in [0.29, 0.717) is 11.5 Å². The molecule has 18 heavy (non-hydrogen) atoms. The van der Waals surface area contributed by atoms with Crippen LogP contribution in [-0.2, 0) is 4.79 Å². The number of hydrogen-bond acceptors (Lipinski definition) is 2. The number of rotatable bonds is 6. The topological polar surface area (TPSA) is 46.3 Å². The lowest BCUT2D eigenvalue weighted by Crippen LogP contribution is -2.39. The van der Waals surface area contributed by atoms with E-state index in [1.54, 1.807) is 11.9 Å². The predicted octanol–water partition coefficient (Wildman–Crippen LogP) is 2.73. The molecule has 1 aliphatic carbocycles. The Morgan fingerprint density at radius 1 is 1.33 bits per heavy atom. The SMILES string of the molecule is CCCCC1CCC(C(=O)N(C)CC(N)=S)CC1. The van der Waals surface area contributed by atoms with Crippen molar-refractivity contribution in [3.63, 3.8) is 0 Å². The molecule has 3 nitrogen and oxygen atoms in total. The van der Waals surface area contributed by atoms with Gasteiger partial charge in [-0.05, 0) is 31.6 Å². The van der Waals surface area contributed by atoms with Crippen molar-refractivity contribution in [3.05, 3.63) is 0 Å². The van der Waals surface area contributed by atoms with E-state index in [0.717, 1.165) is 18.8 Å². The molecule has 1 fully saturated rings. The second-order valence-corrected chi connectivity index (χ2v) is 6.04. The van der Waals surface area contributed by atoms with E-state index in [9.17, 15) is 4.79 Å². The summed E-state index contributed by atoms with van der Waals surface area (Å²) in [4.78, 5) is 14.2. The summed E-state index contributed by atoms with van der Waals surface area (Å²) in [7, 11) is 1.80. The summed E-state index contributed by atoms with van der Waals surface area (Å²) in [6.07, 6.45) is 8.42. The monoisotopic (exact) mass is 270 g/mol. The van der Waals surface area contributed by atoms with Crippen LogP contribution in [0.2, 0.25) is 0 Å². The molecular formula is C14H26N2OS. The van der Waals surface area contributed by atoms with Crippen LogP contribution in [0.3, 0.4) is 0 Å². The van der Waals surface area contributed by atoms with Crippen molar-refractivity contribution in [2.75, 3.05) is 13.6 Å². The second kappa shape index (κ2) is 7.72. The number of likely N-dealkylation sites (N-methyl/N-ethyl adjacent to an activating group) is 1. The Kier molecular flexibility index (Phi) is 6.61. The van der Waals surface area contributed by atoms with Gasteiger partial charge in [0.25, 0.3) is 0 Å². The molecule has 0 unspecified atom stereocenters. The van der Waals surface area contributed by atoms with Crippen molar-refractivity contribution < 1.29 is 4.79 Å². The number of thiocarbonyl (C=S) groups is 1. The summed E-state index contributed by atoms with van der Waals surface area (Å²) < 4.78 is 0. The number of nitrogens with two attached hydrogens (primary N) is 1. The van der Waals surface area contributed by atoms with Crippen LogP contribution in [0, 0.1) is 11.8 Å². The average molecular weight is 270 g/mol. The molecule has 0 atom stereocenters. The Labute approximate surface area is 116 Å². The maximum atomic E-state index is 12.2. The summed E-state index contributed by atoms with van der Waals surface area (Å²) in [5.41, 5.74) is 5.48. The normalized spacial score (nSPS) is 23.7. The molecule has 1 saturated carbocycles. The van der Waals surface area contributed by atoms with E-state index in [1.807, 2.05) is 0 Å². The zero-order chi connectivity index (χ0) is 13.5. The highest BCUT2D eigenvalue weighted by molar-refractivity contribution is 7.80. The van der Waals surface area contributed by atoms with Gasteiger partial charge in [0.1, 0.15) is 0 Å². The van der Waals surface area contributed by atoms with Crippen molar-refractivity contribution in [3.8, 4) is 0 Å². The van der Waals surface area contributed by atoms with Gasteiger partial charge in [-0.25, -0.2) is 0 Å². The van der Waals surface area contributed by atoms with Gasteiger partial charge in [-0.3, -0.25) is 4.79 Å². The van der Waals surface area contributed by atoms with Gasteiger partial charge in [0.05, 0.1) is 11.5 Å². The van der Waals surface area contributed by atoms with Crippen LogP contribution >= 0.6 is 12.2 Å². The van der Waals surface area contributed by atoms with Gasteiger partial charge in [0, 0.05) is 13.0 Å². The summed E-state index contributed by atoms with van der Waals surface area (Å²) in [5.74, 6) is 1.26. The summed E-state index contributed by atoms with van der Waals surface area (Å²) in [5, 5.41) is 0. The second-order valence-electron chi connectivity index (χ2n) is 5.52. The highest BCUT2D eigenvalue weighted by Gasteiger charge is 2.27. The van der Waals surface area contributed by atoms with E-state index >= 15 is 0 Å². The van der Waals surface area contributed by atoms with Crippen molar-refractivity contribution in [2.45, 2.75) is 51.9 Å². The molecule has 0 aliphatic heterocycles. The van der Waals surface area contributed by atoms with Gasteiger partial charge in [-0.2, -0.15) is 0 Å². The van der Waals surface area contributed by atoms with Crippen LogP contribution in [0.4, 0.5) is 0 Å². The van der Waals surface area contributed by atoms with Crippen LogP contribution in [-0.4, -0.2) is 29.4 Å². The first-order valence-electron chi connectivity index (χ1n) is 7.07. The molecule has 0 bridgehead atoms. The number of unbranched alkanes of at least 4 members (excludes halogenated alkanes) is 1. The Morgan fingerprint density at radius 2 is 1.94 bits per heavy atom. The van der Waals surface area contributed by atoms with Crippen LogP contribution < -0.4 is 5.73 Å². The fourth-order valence-electron chi connectivity index (χ4n) is 2.81. The van der Waals surface area contributed by atoms with Gasteiger partial charge in [0.2, 0.25) is 5.91 Å². The lowest BCUT2D eigenvalue weighted by Gasteiger charge is -2.30. The van der Waals surface area contributed by atoms with Crippen molar-refractivity contribution in [2.24, 2.45) is 17.6 Å². The Balaban J connectivity index is 2.33. The first kappa shape index (κ1) is 15.4. The molecule has 1 amide bonds. The highest BCUT2D eigenvalue weighted by atomic mass is 32.1. The third-order valence-corrected chi connectivity index (χ3v) is 4.06. The Morgan fingerprint density at radius 3 is 2.44 bits per heavy atom. The molecule has 0 aromatic rings. The maximum Gasteiger partial charge on any atom is 0.225 e. The average Bonchev–Trinajstić information content (AvgIpc) is 2.35. The zero-order valence-electron chi connectivity index (χ0n) is 11.7. The Hall–Kier alpha value is -0.640. The fourth-order valence-corrected chi connectivity index (χ4v) is 3.01. The lowest BCUT2D eigenvalue weighted by atomic mass is 9.79. The molecule has 1 rings (SSSR count). The van der Waals surface area contributed by atoms with Crippen LogP contribution in [0.25, 0.3) is 0 Å². The van der Waals surface area contributed by atoms with E-state index in [1.165, 1.54) is 32.1 Å². The molecule has 4 heteroatoms. The van der Waals surface area contributed by atoms with E-state index in [4.69, 9.17) is 18.0 Å². The maximum absolute atomic E-state index is 12.2. The molecular weight excluding hydrogens is 244 g/mol.